The van der Waals surface area contributed by atoms with Gasteiger partial charge in [-0.15, -0.1) is 0 Å². The highest BCUT2D eigenvalue weighted by molar-refractivity contribution is 4.93. The molecule has 102 valence electrons. The molecule has 0 amide bonds. The molecule has 0 spiro atoms. The van der Waals surface area contributed by atoms with Gasteiger partial charge in [0.05, 0.1) is 0 Å². The minimum absolute atomic E-state index is 0.331. The molecule has 1 fully saturated rings. The number of unbranched alkanes of at least 4 members (excludes halogenated alkanes) is 3. The smallest absolute Gasteiger partial charge is 0.0278 e. The number of rotatable bonds is 6. The summed E-state index contributed by atoms with van der Waals surface area (Å²) in [6, 6.07) is 0.675. The maximum Gasteiger partial charge on any atom is 0.0278 e. The Labute approximate surface area is 108 Å². The second-order valence-corrected chi connectivity index (χ2v) is 6.55. The Bertz CT molecular complexity index is 211. The van der Waals surface area contributed by atoms with Crippen LogP contribution in [0.1, 0.15) is 60.3 Å². The predicted molar refractivity (Wildman–Crippen MR) is 76.4 cm³/mol. The van der Waals surface area contributed by atoms with Crippen molar-refractivity contribution in [3.05, 3.63) is 0 Å². The van der Waals surface area contributed by atoms with Crippen LogP contribution in [0, 0.1) is 5.92 Å². The second-order valence-electron chi connectivity index (χ2n) is 6.55. The van der Waals surface area contributed by atoms with Crippen LogP contribution in [0.3, 0.4) is 0 Å². The van der Waals surface area contributed by atoms with Crippen LogP contribution in [0.5, 0.6) is 0 Å². The van der Waals surface area contributed by atoms with Crippen molar-refractivity contribution < 1.29 is 0 Å². The highest BCUT2D eigenvalue weighted by Crippen LogP contribution is 2.22. The maximum atomic E-state index is 3.70. The molecular formula is C15H32N2. The normalized spacial score (nSPS) is 25.4. The minimum atomic E-state index is 0.331. The van der Waals surface area contributed by atoms with Gasteiger partial charge in [0.1, 0.15) is 0 Å². The molecule has 1 aliphatic rings. The van der Waals surface area contributed by atoms with E-state index in [1.165, 1.54) is 38.8 Å². The van der Waals surface area contributed by atoms with Gasteiger partial charge in [0.2, 0.25) is 0 Å². The largest absolute Gasteiger partial charge is 0.311 e. The topological polar surface area (TPSA) is 15.3 Å². The van der Waals surface area contributed by atoms with Crippen molar-refractivity contribution in [2.75, 3.05) is 19.6 Å². The van der Waals surface area contributed by atoms with Crippen molar-refractivity contribution in [1.29, 1.82) is 0 Å². The SMILES string of the molecule is CCCCCCN1CC(C(C)C)NCC1(C)C. The van der Waals surface area contributed by atoms with Crippen molar-refractivity contribution in [1.82, 2.24) is 10.2 Å². The number of hydrogen-bond acceptors (Lipinski definition) is 2. The van der Waals surface area contributed by atoms with E-state index >= 15 is 0 Å². The summed E-state index contributed by atoms with van der Waals surface area (Å²) in [4.78, 5) is 2.70. The van der Waals surface area contributed by atoms with Crippen LogP contribution >= 0.6 is 0 Å². The third-order valence-corrected chi connectivity index (χ3v) is 4.16. The van der Waals surface area contributed by atoms with Gasteiger partial charge in [-0.3, -0.25) is 4.90 Å². The highest BCUT2D eigenvalue weighted by Gasteiger charge is 2.34. The lowest BCUT2D eigenvalue weighted by molar-refractivity contribution is 0.0530. The number of nitrogens with one attached hydrogen (secondary N) is 1. The van der Waals surface area contributed by atoms with Gasteiger partial charge in [-0.25, -0.2) is 0 Å². The van der Waals surface area contributed by atoms with E-state index in [0.29, 0.717) is 11.6 Å². The molecule has 1 atom stereocenters. The minimum Gasteiger partial charge on any atom is -0.311 e. The van der Waals surface area contributed by atoms with E-state index in [0.717, 1.165) is 12.5 Å². The first-order valence-electron chi connectivity index (χ1n) is 7.46. The van der Waals surface area contributed by atoms with E-state index in [-0.39, 0.29) is 0 Å². The first kappa shape index (κ1) is 15.0. The molecule has 17 heavy (non-hydrogen) atoms. The van der Waals surface area contributed by atoms with Gasteiger partial charge in [-0.2, -0.15) is 0 Å². The second kappa shape index (κ2) is 6.75. The van der Waals surface area contributed by atoms with Crippen molar-refractivity contribution in [3.8, 4) is 0 Å². The van der Waals surface area contributed by atoms with Crippen LogP contribution in [-0.4, -0.2) is 36.1 Å². The van der Waals surface area contributed by atoms with E-state index in [2.05, 4.69) is 44.8 Å². The van der Waals surface area contributed by atoms with Gasteiger partial charge in [-0.05, 0) is 32.7 Å². The Morgan fingerprint density at radius 3 is 2.53 bits per heavy atom. The molecule has 0 aliphatic carbocycles. The fourth-order valence-corrected chi connectivity index (χ4v) is 2.61. The van der Waals surface area contributed by atoms with E-state index in [1.807, 2.05) is 0 Å². The Morgan fingerprint density at radius 2 is 1.94 bits per heavy atom. The Kier molecular flexibility index (Phi) is 5.94. The van der Waals surface area contributed by atoms with E-state index in [1.54, 1.807) is 0 Å². The molecule has 0 aromatic rings. The number of hydrogen-bond donors (Lipinski definition) is 1. The molecule has 2 nitrogen and oxygen atoms in total. The molecule has 1 heterocycles. The van der Waals surface area contributed by atoms with Gasteiger partial charge < -0.3 is 5.32 Å². The molecule has 0 bridgehead atoms. The number of piperazine rings is 1. The Morgan fingerprint density at radius 1 is 1.24 bits per heavy atom. The van der Waals surface area contributed by atoms with Crippen LogP contribution in [0.15, 0.2) is 0 Å². The lowest BCUT2D eigenvalue weighted by Gasteiger charge is -2.47. The van der Waals surface area contributed by atoms with Crippen molar-refractivity contribution in [2.45, 2.75) is 71.9 Å². The predicted octanol–water partition coefficient (Wildman–Crippen LogP) is 3.28. The lowest BCUT2D eigenvalue weighted by atomic mass is 9.92. The fraction of sp³-hybridized carbons (Fsp3) is 1.00. The highest BCUT2D eigenvalue weighted by atomic mass is 15.3. The molecular weight excluding hydrogens is 208 g/mol. The lowest BCUT2D eigenvalue weighted by Crippen LogP contribution is -2.63. The van der Waals surface area contributed by atoms with Crippen LogP contribution in [0.4, 0.5) is 0 Å². The summed E-state index contributed by atoms with van der Waals surface area (Å²) in [5.74, 6) is 0.740. The Hall–Kier alpha value is -0.0800. The van der Waals surface area contributed by atoms with Crippen molar-refractivity contribution in [2.24, 2.45) is 5.92 Å². The third-order valence-electron chi connectivity index (χ3n) is 4.16. The zero-order valence-electron chi connectivity index (χ0n) is 12.6. The third kappa shape index (κ3) is 4.59. The Balaban J connectivity index is 2.41. The molecule has 0 radical (unpaired) electrons. The van der Waals surface area contributed by atoms with Gasteiger partial charge >= 0.3 is 0 Å². The number of nitrogens with zero attached hydrogens (tertiary/aromatic N) is 1. The zero-order valence-corrected chi connectivity index (χ0v) is 12.6. The average molecular weight is 240 g/mol. The fourth-order valence-electron chi connectivity index (χ4n) is 2.61. The van der Waals surface area contributed by atoms with Crippen LogP contribution < -0.4 is 5.32 Å². The van der Waals surface area contributed by atoms with Crippen LogP contribution in [0.2, 0.25) is 0 Å². The molecule has 0 aromatic heterocycles. The molecule has 0 aromatic carbocycles. The summed E-state index contributed by atoms with van der Waals surface area (Å²) in [7, 11) is 0. The monoisotopic (exact) mass is 240 g/mol. The summed E-state index contributed by atoms with van der Waals surface area (Å²) in [5.41, 5.74) is 0.331. The average Bonchev–Trinajstić information content (AvgIpc) is 2.25. The van der Waals surface area contributed by atoms with Crippen LogP contribution in [0.25, 0.3) is 0 Å². The molecule has 1 rings (SSSR count). The summed E-state index contributed by atoms with van der Waals surface area (Å²) in [5, 5.41) is 3.70. The molecule has 2 heteroatoms. The van der Waals surface area contributed by atoms with Crippen LogP contribution in [-0.2, 0) is 0 Å². The standard InChI is InChI=1S/C15H32N2/c1-6-7-8-9-10-17-11-14(13(2)3)16-12-15(17,4)5/h13-14,16H,6-12H2,1-5H3. The first-order valence-corrected chi connectivity index (χ1v) is 7.46. The van der Waals surface area contributed by atoms with Gasteiger partial charge in [-0.1, -0.05) is 40.0 Å². The molecule has 1 saturated heterocycles. The zero-order chi connectivity index (χ0) is 12.9. The van der Waals surface area contributed by atoms with E-state index < -0.39 is 0 Å². The maximum absolute atomic E-state index is 3.70. The summed E-state index contributed by atoms with van der Waals surface area (Å²) >= 11 is 0. The molecule has 1 unspecified atom stereocenters. The van der Waals surface area contributed by atoms with Gasteiger partial charge in [0.25, 0.3) is 0 Å². The summed E-state index contributed by atoms with van der Waals surface area (Å²) in [6.45, 7) is 15.3. The van der Waals surface area contributed by atoms with Crippen molar-refractivity contribution >= 4 is 0 Å². The molecule has 1 N–H and O–H groups in total. The summed E-state index contributed by atoms with van der Waals surface area (Å²) < 4.78 is 0. The molecule has 1 aliphatic heterocycles. The van der Waals surface area contributed by atoms with E-state index in [4.69, 9.17) is 0 Å². The first-order chi connectivity index (χ1) is 7.97. The summed E-state index contributed by atoms with van der Waals surface area (Å²) in [6.07, 6.45) is 5.48. The van der Waals surface area contributed by atoms with Gasteiger partial charge in [0.15, 0.2) is 0 Å². The van der Waals surface area contributed by atoms with Gasteiger partial charge in [0, 0.05) is 24.7 Å². The van der Waals surface area contributed by atoms with Crippen molar-refractivity contribution in [3.63, 3.8) is 0 Å². The molecule has 0 saturated carbocycles. The quantitative estimate of drug-likeness (QED) is 0.717. The van der Waals surface area contributed by atoms with E-state index in [9.17, 15) is 0 Å².